The molecule has 3 rings (SSSR count). The fourth-order valence-corrected chi connectivity index (χ4v) is 4.24. The summed E-state index contributed by atoms with van der Waals surface area (Å²) < 4.78 is 40.3. The minimum absolute atomic E-state index is 0.0741. The number of hydrogen-bond acceptors (Lipinski definition) is 2. The Bertz CT molecular complexity index is 497. The third-order valence-corrected chi connectivity index (χ3v) is 5.13. The Morgan fingerprint density at radius 2 is 1.90 bits per heavy atom. The number of fused-ring (bicyclic) bond motifs is 2. The van der Waals surface area contributed by atoms with Crippen molar-refractivity contribution in [3.63, 3.8) is 0 Å². The first kappa shape index (κ1) is 14.7. The van der Waals surface area contributed by atoms with Gasteiger partial charge in [-0.2, -0.15) is 0 Å². The minimum atomic E-state index is -4.65. The molecule has 2 nitrogen and oxygen atoms in total. The van der Waals surface area contributed by atoms with E-state index in [-0.39, 0.29) is 17.8 Å². The molecule has 21 heavy (non-hydrogen) atoms. The molecule has 3 unspecified atom stereocenters. The predicted octanol–water partition coefficient (Wildman–Crippen LogP) is 3.93. The van der Waals surface area contributed by atoms with Gasteiger partial charge in [0.25, 0.3) is 0 Å². The second-order valence-corrected chi connectivity index (χ2v) is 6.47. The standard InChI is InChI=1S/C16H19F3O2/c17-16(18,19)21-14-5-2-11(3-6-14)8-15(10-20)9-12-1-4-13(15)7-12/h2-3,5-6,12-13,20H,1,4,7-10H2. The van der Waals surface area contributed by atoms with Gasteiger partial charge in [0.15, 0.2) is 0 Å². The van der Waals surface area contributed by atoms with Crippen LogP contribution in [0.3, 0.4) is 0 Å². The lowest BCUT2D eigenvalue weighted by Crippen LogP contribution is -2.34. The Morgan fingerprint density at radius 1 is 1.19 bits per heavy atom. The molecular formula is C16H19F3O2. The molecule has 0 spiro atoms. The number of ether oxygens (including phenoxy) is 1. The minimum Gasteiger partial charge on any atom is -0.406 e. The van der Waals surface area contributed by atoms with E-state index in [1.807, 2.05) is 0 Å². The van der Waals surface area contributed by atoms with E-state index >= 15 is 0 Å². The summed E-state index contributed by atoms with van der Waals surface area (Å²) in [7, 11) is 0. The average molecular weight is 300 g/mol. The maximum atomic E-state index is 12.1. The quantitative estimate of drug-likeness (QED) is 0.913. The fraction of sp³-hybridized carbons (Fsp3) is 0.625. The van der Waals surface area contributed by atoms with Gasteiger partial charge in [-0.05, 0) is 55.2 Å². The smallest absolute Gasteiger partial charge is 0.406 e. The van der Waals surface area contributed by atoms with Crippen LogP contribution < -0.4 is 4.74 Å². The van der Waals surface area contributed by atoms with Crippen LogP contribution in [0.4, 0.5) is 13.2 Å². The number of rotatable bonds is 4. The van der Waals surface area contributed by atoms with Gasteiger partial charge in [0.05, 0.1) is 0 Å². The Morgan fingerprint density at radius 3 is 2.38 bits per heavy atom. The number of benzene rings is 1. The maximum Gasteiger partial charge on any atom is 0.573 e. The number of aliphatic hydroxyl groups excluding tert-OH is 1. The van der Waals surface area contributed by atoms with Crippen LogP contribution in [0.2, 0.25) is 0 Å². The predicted molar refractivity (Wildman–Crippen MR) is 71.8 cm³/mol. The Balaban J connectivity index is 1.70. The largest absolute Gasteiger partial charge is 0.573 e. The SMILES string of the molecule is OCC1(Cc2ccc(OC(F)(F)F)cc2)CC2CCC1C2. The van der Waals surface area contributed by atoms with Gasteiger partial charge in [-0.3, -0.25) is 0 Å². The van der Waals surface area contributed by atoms with Gasteiger partial charge >= 0.3 is 6.36 Å². The van der Waals surface area contributed by atoms with Crippen LogP contribution in [-0.4, -0.2) is 18.1 Å². The fourth-order valence-electron chi connectivity index (χ4n) is 4.24. The molecule has 1 aromatic rings. The number of hydrogen-bond donors (Lipinski definition) is 1. The summed E-state index contributed by atoms with van der Waals surface area (Å²) >= 11 is 0. The lowest BCUT2D eigenvalue weighted by Gasteiger charge is -2.36. The van der Waals surface area contributed by atoms with Crippen molar-refractivity contribution in [2.75, 3.05) is 6.61 Å². The van der Waals surface area contributed by atoms with Crippen molar-refractivity contribution in [1.82, 2.24) is 0 Å². The van der Waals surface area contributed by atoms with E-state index in [0.717, 1.165) is 24.3 Å². The highest BCUT2D eigenvalue weighted by Gasteiger charge is 2.50. The highest BCUT2D eigenvalue weighted by molar-refractivity contribution is 5.28. The molecule has 2 fully saturated rings. The normalized spacial score (nSPS) is 31.6. The molecule has 0 aromatic heterocycles. The van der Waals surface area contributed by atoms with Crippen molar-refractivity contribution >= 4 is 0 Å². The first-order valence-corrected chi connectivity index (χ1v) is 7.36. The van der Waals surface area contributed by atoms with E-state index < -0.39 is 6.36 Å². The molecule has 0 radical (unpaired) electrons. The molecule has 5 heteroatoms. The number of halogens is 3. The Hall–Kier alpha value is -1.23. The second kappa shape index (κ2) is 5.20. The third-order valence-electron chi connectivity index (χ3n) is 5.13. The number of aliphatic hydroxyl groups is 1. The summed E-state index contributed by atoms with van der Waals surface area (Å²) in [6.07, 6.45) is 0.728. The highest BCUT2D eigenvalue weighted by atomic mass is 19.4. The summed E-state index contributed by atoms with van der Waals surface area (Å²) in [5, 5.41) is 9.83. The van der Waals surface area contributed by atoms with Gasteiger partial charge < -0.3 is 9.84 Å². The summed E-state index contributed by atoms with van der Waals surface area (Å²) in [6.45, 7) is 0.162. The van der Waals surface area contributed by atoms with Gasteiger partial charge in [-0.15, -0.1) is 13.2 Å². The molecular weight excluding hydrogens is 281 g/mol. The highest BCUT2D eigenvalue weighted by Crippen LogP contribution is 2.57. The molecule has 2 bridgehead atoms. The first-order chi connectivity index (χ1) is 9.90. The van der Waals surface area contributed by atoms with Crippen LogP contribution >= 0.6 is 0 Å². The molecule has 2 saturated carbocycles. The molecule has 1 aromatic carbocycles. The monoisotopic (exact) mass is 300 g/mol. The van der Waals surface area contributed by atoms with Crippen molar-refractivity contribution < 1.29 is 23.0 Å². The third kappa shape index (κ3) is 3.03. The van der Waals surface area contributed by atoms with E-state index in [1.165, 1.54) is 31.4 Å². The van der Waals surface area contributed by atoms with Crippen molar-refractivity contribution in [3.8, 4) is 5.75 Å². The van der Waals surface area contributed by atoms with Crippen molar-refractivity contribution in [3.05, 3.63) is 29.8 Å². The van der Waals surface area contributed by atoms with Crippen molar-refractivity contribution in [2.24, 2.45) is 17.3 Å². The van der Waals surface area contributed by atoms with Gasteiger partial charge in [-0.25, -0.2) is 0 Å². The molecule has 1 N–H and O–H groups in total. The van der Waals surface area contributed by atoms with Gasteiger partial charge in [0.2, 0.25) is 0 Å². The van der Waals surface area contributed by atoms with Crippen molar-refractivity contribution in [2.45, 2.75) is 38.5 Å². The van der Waals surface area contributed by atoms with Crippen LogP contribution in [0.15, 0.2) is 24.3 Å². The van der Waals surface area contributed by atoms with E-state index in [4.69, 9.17) is 0 Å². The van der Waals surface area contributed by atoms with Gasteiger partial charge in [-0.1, -0.05) is 18.6 Å². The molecule has 0 heterocycles. The summed E-state index contributed by atoms with van der Waals surface area (Å²) in [6, 6.07) is 6.04. The van der Waals surface area contributed by atoms with Crippen LogP contribution in [0, 0.1) is 17.3 Å². The zero-order valence-corrected chi connectivity index (χ0v) is 11.7. The second-order valence-electron chi connectivity index (χ2n) is 6.47. The number of alkyl halides is 3. The lowest BCUT2D eigenvalue weighted by atomic mass is 9.70. The molecule has 0 saturated heterocycles. The Labute approximate surface area is 121 Å². The van der Waals surface area contributed by atoms with Crippen LogP contribution in [-0.2, 0) is 6.42 Å². The van der Waals surface area contributed by atoms with Gasteiger partial charge in [0, 0.05) is 12.0 Å². The summed E-state index contributed by atoms with van der Waals surface area (Å²) in [4.78, 5) is 0. The molecule has 0 aliphatic heterocycles. The summed E-state index contributed by atoms with van der Waals surface area (Å²) in [5.41, 5.74) is 0.890. The van der Waals surface area contributed by atoms with E-state index in [1.54, 1.807) is 12.1 Å². The Kier molecular flexibility index (Phi) is 3.64. The molecule has 2 aliphatic rings. The van der Waals surface area contributed by atoms with E-state index in [0.29, 0.717) is 5.92 Å². The zero-order chi connectivity index (χ0) is 15.1. The van der Waals surface area contributed by atoms with Crippen LogP contribution in [0.5, 0.6) is 5.75 Å². The van der Waals surface area contributed by atoms with Crippen LogP contribution in [0.25, 0.3) is 0 Å². The van der Waals surface area contributed by atoms with E-state index in [9.17, 15) is 18.3 Å². The zero-order valence-electron chi connectivity index (χ0n) is 11.7. The molecule has 2 aliphatic carbocycles. The maximum absolute atomic E-state index is 12.1. The van der Waals surface area contributed by atoms with Crippen molar-refractivity contribution in [1.29, 1.82) is 0 Å². The topological polar surface area (TPSA) is 29.5 Å². The first-order valence-electron chi connectivity index (χ1n) is 7.36. The average Bonchev–Trinajstić information content (AvgIpc) is 3.00. The molecule has 0 amide bonds. The lowest BCUT2D eigenvalue weighted by molar-refractivity contribution is -0.274. The molecule has 3 atom stereocenters. The summed E-state index contributed by atoms with van der Waals surface area (Å²) in [5.74, 6) is 1.07. The molecule has 116 valence electrons. The van der Waals surface area contributed by atoms with E-state index in [2.05, 4.69) is 4.74 Å². The van der Waals surface area contributed by atoms with Gasteiger partial charge in [0.1, 0.15) is 5.75 Å². The van der Waals surface area contributed by atoms with Crippen LogP contribution in [0.1, 0.15) is 31.2 Å².